The first-order valence-corrected chi connectivity index (χ1v) is 3.75. The molecule has 2 heterocycles. The van der Waals surface area contributed by atoms with E-state index < -0.39 is 0 Å². The second-order valence-corrected chi connectivity index (χ2v) is 2.79. The highest BCUT2D eigenvalue weighted by Gasteiger charge is 2.03. The van der Waals surface area contributed by atoms with Crippen molar-refractivity contribution in [3.8, 4) is 5.75 Å². The van der Waals surface area contributed by atoms with Gasteiger partial charge >= 0.3 is 0 Å². The third kappa shape index (κ3) is 0.883. The first-order chi connectivity index (χ1) is 5.29. The monoisotopic (exact) mass is 213 g/mol. The predicted molar refractivity (Wildman–Crippen MR) is 42.4 cm³/mol. The minimum absolute atomic E-state index is 0.156. The molecule has 0 atom stereocenters. The summed E-state index contributed by atoms with van der Waals surface area (Å²) in [6.07, 6.45) is 1.43. The predicted octanol–water partition coefficient (Wildman–Crippen LogP) is 1.20. The molecule has 0 bridgehead atoms. The van der Waals surface area contributed by atoms with E-state index >= 15 is 0 Å². The molecule has 11 heavy (non-hydrogen) atoms. The van der Waals surface area contributed by atoms with E-state index in [-0.39, 0.29) is 5.75 Å². The van der Waals surface area contributed by atoms with Crippen LogP contribution in [0.5, 0.6) is 5.75 Å². The molecule has 0 radical (unpaired) electrons. The van der Waals surface area contributed by atoms with E-state index in [9.17, 15) is 5.11 Å². The van der Waals surface area contributed by atoms with Crippen molar-refractivity contribution in [1.29, 1.82) is 0 Å². The zero-order chi connectivity index (χ0) is 7.84. The maximum absolute atomic E-state index is 9.20. The van der Waals surface area contributed by atoms with Gasteiger partial charge in [0.1, 0.15) is 12.1 Å². The largest absolute Gasteiger partial charge is 0.505 e. The van der Waals surface area contributed by atoms with Crippen molar-refractivity contribution in [2.75, 3.05) is 0 Å². The first kappa shape index (κ1) is 6.60. The van der Waals surface area contributed by atoms with Gasteiger partial charge in [-0.15, -0.1) is 0 Å². The zero-order valence-electron chi connectivity index (χ0n) is 5.40. The topological polar surface area (TPSA) is 50.4 Å². The minimum atomic E-state index is 0.156. The average Bonchev–Trinajstić information content (AvgIpc) is 2.45. The maximum Gasteiger partial charge on any atom is 0.156 e. The second kappa shape index (κ2) is 2.20. The molecule has 5 heteroatoms. The highest BCUT2D eigenvalue weighted by atomic mass is 79.9. The quantitative estimate of drug-likeness (QED) is 0.670. The number of pyridine rings is 1. The Bertz CT molecular complexity index is 398. The van der Waals surface area contributed by atoms with E-state index in [4.69, 9.17) is 0 Å². The molecule has 0 unspecified atom stereocenters. The summed E-state index contributed by atoms with van der Waals surface area (Å²) in [6, 6.07) is 3.25. The SMILES string of the molecule is Oc1ccc2ncnn2c1Br. The van der Waals surface area contributed by atoms with Crippen LogP contribution >= 0.6 is 15.9 Å². The molecule has 0 aliphatic heterocycles. The summed E-state index contributed by atoms with van der Waals surface area (Å²) in [5, 5.41) is 13.1. The number of fused-ring (bicyclic) bond motifs is 1. The van der Waals surface area contributed by atoms with E-state index in [2.05, 4.69) is 26.0 Å². The molecule has 0 fully saturated rings. The van der Waals surface area contributed by atoms with Crippen molar-refractivity contribution in [2.24, 2.45) is 0 Å². The molecular weight excluding hydrogens is 210 g/mol. The fraction of sp³-hybridized carbons (Fsp3) is 0. The Kier molecular flexibility index (Phi) is 1.32. The Hall–Kier alpha value is -1.10. The summed E-state index contributed by atoms with van der Waals surface area (Å²) in [5.41, 5.74) is 0.703. The molecule has 0 aromatic carbocycles. The molecule has 2 rings (SSSR count). The Morgan fingerprint density at radius 1 is 1.45 bits per heavy atom. The van der Waals surface area contributed by atoms with Crippen LogP contribution in [0.2, 0.25) is 0 Å². The summed E-state index contributed by atoms with van der Waals surface area (Å²) in [4.78, 5) is 3.93. The number of rotatable bonds is 0. The molecule has 0 saturated carbocycles. The summed E-state index contributed by atoms with van der Waals surface area (Å²) in [5.74, 6) is 0.156. The highest BCUT2D eigenvalue weighted by Crippen LogP contribution is 2.22. The first-order valence-electron chi connectivity index (χ1n) is 2.96. The molecule has 4 nitrogen and oxygen atoms in total. The van der Waals surface area contributed by atoms with Gasteiger partial charge in [-0.2, -0.15) is 5.10 Å². The summed E-state index contributed by atoms with van der Waals surface area (Å²) < 4.78 is 2.03. The Morgan fingerprint density at radius 2 is 2.27 bits per heavy atom. The lowest BCUT2D eigenvalue weighted by molar-refractivity contribution is 0.466. The van der Waals surface area contributed by atoms with Gasteiger partial charge in [-0.05, 0) is 28.1 Å². The van der Waals surface area contributed by atoms with E-state index in [1.165, 1.54) is 10.8 Å². The zero-order valence-corrected chi connectivity index (χ0v) is 6.98. The van der Waals surface area contributed by atoms with E-state index in [1.807, 2.05) is 0 Å². The summed E-state index contributed by atoms with van der Waals surface area (Å²) in [7, 11) is 0. The van der Waals surface area contributed by atoms with Gasteiger partial charge in [-0.1, -0.05) is 0 Å². The number of hydrogen-bond donors (Lipinski definition) is 1. The van der Waals surface area contributed by atoms with Crippen LogP contribution in [0.4, 0.5) is 0 Å². The van der Waals surface area contributed by atoms with Gasteiger partial charge in [0.25, 0.3) is 0 Å². The van der Waals surface area contributed by atoms with Gasteiger partial charge in [-0.3, -0.25) is 0 Å². The van der Waals surface area contributed by atoms with E-state index in [0.29, 0.717) is 10.3 Å². The number of aromatic hydroxyl groups is 1. The summed E-state index contributed by atoms with van der Waals surface area (Å²) in [6.45, 7) is 0. The number of halogens is 1. The molecule has 0 saturated heterocycles. The number of nitrogens with zero attached hydrogens (tertiary/aromatic N) is 3. The summed E-state index contributed by atoms with van der Waals surface area (Å²) >= 11 is 3.17. The lowest BCUT2D eigenvalue weighted by atomic mass is 10.4. The molecule has 0 aliphatic rings. The van der Waals surface area contributed by atoms with Crippen LogP contribution in [-0.2, 0) is 0 Å². The molecular formula is C6H4BrN3O. The lowest BCUT2D eigenvalue weighted by Crippen LogP contribution is -1.88. The van der Waals surface area contributed by atoms with Gasteiger partial charge < -0.3 is 5.11 Å². The standard InChI is InChI=1S/C6H4BrN3O/c7-6-4(11)1-2-5-8-3-9-10(5)6/h1-3,11H. The fourth-order valence-electron chi connectivity index (χ4n) is 0.846. The third-order valence-corrected chi connectivity index (χ3v) is 2.10. The van der Waals surface area contributed by atoms with Crippen molar-refractivity contribution in [3.05, 3.63) is 23.1 Å². The Morgan fingerprint density at radius 3 is 3.09 bits per heavy atom. The van der Waals surface area contributed by atoms with Gasteiger partial charge in [0.15, 0.2) is 10.3 Å². The van der Waals surface area contributed by atoms with E-state index in [1.54, 1.807) is 12.1 Å². The molecule has 2 aromatic heterocycles. The van der Waals surface area contributed by atoms with Crippen LogP contribution in [0.1, 0.15) is 0 Å². The van der Waals surface area contributed by atoms with Crippen molar-refractivity contribution in [1.82, 2.24) is 14.6 Å². The molecule has 0 amide bonds. The average molecular weight is 214 g/mol. The molecule has 2 aromatic rings. The molecule has 1 N–H and O–H groups in total. The van der Waals surface area contributed by atoms with Crippen molar-refractivity contribution in [3.63, 3.8) is 0 Å². The van der Waals surface area contributed by atoms with Gasteiger partial charge in [-0.25, -0.2) is 9.50 Å². The smallest absolute Gasteiger partial charge is 0.156 e. The molecule has 0 aliphatic carbocycles. The third-order valence-electron chi connectivity index (χ3n) is 1.36. The second-order valence-electron chi connectivity index (χ2n) is 2.04. The van der Waals surface area contributed by atoms with Crippen LogP contribution in [0.25, 0.3) is 5.65 Å². The number of hydrogen-bond acceptors (Lipinski definition) is 3. The minimum Gasteiger partial charge on any atom is -0.505 e. The molecule has 56 valence electrons. The molecule has 0 spiro atoms. The van der Waals surface area contributed by atoms with Gasteiger partial charge in [0.2, 0.25) is 0 Å². The lowest BCUT2D eigenvalue weighted by Gasteiger charge is -1.97. The van der Waals surface area contributed by atoms with Crippen LogP contribution in [0.15, 0.2) is 23.1 Å². The number of aromatic nitrogens is 3. The van der Waals surface area contributed by atoms with Crippen molar-refractivity contribution < 1.29 is 5.11 Å². The van der Waals surface area contributed by atoms with Crippen LogP contribution in [0.3, 0.4) is 0 Å². The van der Waals surface area contributed by atoms with Crippen molar-refractivity contribution >= 4 is 21.6 Å². The normalized spacial score (nSPS) is 10.6. The van der Waals surface area contributed by atoms with Gasteiger partial charge in [0, 0.05) is 0 Å². The fourth-order valence-corrected chi connectivity index (χ4v) is 1.25. The maximum atomic E-state index is 9.20. The van der Waals surface area contributed by atoms with Gasteiger partial charge in [0.05, 0.1) is 0 Å². The van der Waals surface area contributed by atoms with E-state index in [0.717, 1.165) is 0 Å². The highest BCUT2D eigenvalue weighted by molar-refractivity contribution is 9.10. The van der Waals surface area contributed by atoms with Crippen LogP contribution < -0.4 is 0 Å². The van der Waals surface area contributed by atoms with Crippen molar-refractivity contribution in [2.45, 2.75) is 0 Å². The Labute approximate surface area is 70.6 Å². The Balaban J connectivity index is 2.93. The van der Waals surface area contributed by atoms with Crippen LogP contribution in [0, 0.1) is 0 Å². The van der Waals surface area contributed by atoms with Crippen LogP contribution in [-0.4, -0.2) is 19.7 Å².